The highest BCUT2D eigenvalue weighted by molar-refractivity contribution is 6.43. The lowest BCUT2D eigenvalue weighted by atomic mass is 10.1. The van der Waals surface area contributed by atoms with Gasteiger partial charge in [-0.1, -0.05) is 29.3 Å². The third kappa shape index (κ3) is 3.06. The van der Waals surface area contributed by atoms with Gasteiger partial charge in [-0.3, -0.25) is 4.79 Å². The number of carboxylic acids is 1. The van der Waals surface area contributed by atoms with E-state index in [9.17, 15) is 9.59 Å². The second-order valence-electron chi connectivity index (χ2n) is 4.59. The van der Waals surface area contributed by atoms with Gasteiger partial charge in [0.25, 0.3) is 5.91 Å². The van der Waals surface area contributed by atoms with Crippen LogP contribution in [0.4, 0.5) is 0 Å². The minimum Gasteiger partial charge on any atom is -0.479 e. The number of halogens is 2. The number of carbonyl (C=O) groups excluding carboxylic acids is 1. The Hall–Kier alpha value is -1.30. The Morgan fingerprint density at radius 1 is 1.35 bits per heavy atom. The van der Waals surface area contributed by atoms with E-state index in [0.29, 0.717) is 6.54 Å². The second-order valence-corrected chi connectivity index (χ2v) is 5.37. The number of hydrogen-bond acceptors (Lipinski definition) is 3. The molecule has 1 heterocycles. The molecule has 0 aliphatic carbocycles. The smallest absolute Gasteiger partial charge is 0.334 e. The molecule has 20 heavy (non-hydrogen) atoms. The zero-order valence-corrected chi connectivity index (χ0v) is 12.2. The molecule has 1 saturated heterocycles. The lowest BCUT2D eigenvalue weighted by Gasteiger charge is -2.35. The second kappa shape index (κ2) is 5.99. The summed E-state index contributed by atoms with van der Waals surface area (Å²) in [5, 5.41) is 9.47. The zero-order valence-electron chi connectivity index (χ0n) is 10.7. The number of nitrogens with zero attached hydrogens (tertiary/aromatic N) is 1. The van der Waals surface area contributed by atoms with Gasteiger partial charge < -0.3 is 14.7 Å². The number of morpholine rings is 1. The van der Waals surface area contributed by atoms with Gasteiger partial charge in [-0.25, -0.2) is 4.79 Å². The number of aliphatic carboxylic acids is 1. The van der Waals surface area contributed by atoms with E-state index in [-0.39, 0.29) is 34.2 Å². The number of hydrogen-bond donors (Lipinski definition) is 1. The van der Waals surface area contributed by atoms with Gasteiger partial charge in [-0.2, -0.15) is 0 Å². The molecule has 1 aromatic rings. The molecule has 2 rings (SSSR count). The monoisotopic (exact) mass is 317 g/mol. The maximum Gasteiger partial charge on any atom is 0.334 e. The van der Waals surface area contributed by atoms with Gasteiger partial charge in [0.05, 0.1) is 28.3 Å². The van der Waals surface area contributed by atoms with Crippen LogP contribution < -0.4 is 0 Å². The average Bonchev–Trinajstić information content (AvgIpc) is 2.40. The number of carboxylic acid groups (broad SMARTS) is 1. The third-order valence-corrected chi connectivity index (χ3v) is 3.82. The summed E-state index contributed by atoms with van der Waals surface area (Å²) in [4.78, 5) is 24.9. The van der Waals surface area contributed by atoms with Crippen molar-refractivity contribution in [2.24, 2.45) is 0 Å². The maximum atomic E-state index is 12.4. The highest BCUT2D eigenvalue weighted by Gasteiger charge is 2.33. The van der Waals surface area contributed by atoms with Crippen molar-refractivity contribution in [3.05, 3.63) is 33.8 Å². The summed E-state index contributed by atoms with van der Waals surface area (Å²) in [5.74, 6) is -1.44. The highest BCUT2D eigenvalue weighted by Crippen LogP contribution is 2.27. The number of rotatable bonds is 2. The Kier molecular flexibility index (Phi) is 4.52. The lowest BCUT2D eigenvalue weighted by Crippen LogP contribution is -2.51. The molecule has 0 bridgehead atoms. The Morgan fingerprint density at radius 2 is 2.05 bits per heavy atom. The van der Waals surface area contributed by atoms with Crippen LogP contribution in [0.2, 0.25) is 10.0 Å². The first-order chi connectivity index (χ1) is 9.40. The third-order valence-electron chi connectivity index (χ3n) is 3.00. The van der Waals surface area contributed by atoms with Crippen LogP contribution in [-0.4, -0.2) is 47.2 Å². The summed E-state index contributed by atoms with van der Waals surface area (Å²) in [6.07, 6.45) is -1.38. The van der Waals surface area contributed by atoms with Crippen molar-refractivity contribution in [2.75, 3.05) is 13.1 Å². The molecule has 1 amide bonds. The van der Waals surface area contributed by atoms with E-state index >= 15 is 0 Å². The quantitative estimate of drug-likeness (QED) is 0.909. The summed E-state index contributed by atoms with van der Waals surface area (Å²) in [6.45, 7) is 2.02. The predicted molar refractivity (Wildman–Crippen MR) is 74.3 cm³/mol. The fourth-order valence-electron chi connectivity index (χ4n) is 2.09. The molecule has 1 aliphatic heterocycles. The normalized spacial score (nSPS) is 22.6. The molecule has 1 aliphatic rings. The molecular formula is C13H13Cl2NO4. The molecule has 0 saturated carbocycles. The number of ether oxygens (including phenoxy) is 1. The van der Waals surface area contributed by atoms with Crippen LogP contribution in [0.15, 0.2) is 18.2 Å². The van der Waals surface area contributed by atoms with E-state index in [2.05, 4.69) is 0 Å². The van der Waals surface area contributed by atoms with Gasteiger partial charge in [-0.05, 0) is 19.1 Å². The first kappa shape index (κ1) is 15.1. The molecule has 108 valence electrons. The van der Waals surface area contributed by atoms with Crippen molar-refractivity contribution in [3.8, 4) is 0 Å². The van der Waals surface area contributed by atoms with Gasteiger partial charge in [0.15, 0.2) is 6.10 Å². The number of benzene rings is 1. The van der Waals surface area contributed by atoms with E-state index < -0.39 is 12.1 Å². The SMILES string of the molecule is C[C@@H]1CN(C(=O)c2cccc(Cl)c2Cl)CC(C(=O)O)O1. The van der Waals surface area contributed by atoms with Crippen molar-refractivity contribution in [2.45, 2.75) is 19.1 Å². The van der Waals surface area contributed by atoms with E-state index in [1.54, 1.807) is 25.1 Å². The molecule has 1 unspecified atom stereocenters. The predicted octanol–water partition coefficient (Wildman–Crippen LogP) is 2.31. The van der Waals surface area contributed by atoms with Crippen LogP contribution in [0, 0.1) is 0 Å². The Balaban J connectivity index is 2.24. The van der Waals surface area contributed by atoms with Gasteiger partial charge in [0.2, 0.25) is 0 Å². The van der Waals surface area contributed by atoms with Crippen LogP contribution in [0.1, 0.15) is 17.3 Å². The summed E-state index contributed by atoms with van der Waals surface area (Å²) >= 11 is 11.9. The zero-order chi connectivity index (χ0) is 14.9. The molecule has 1 fully saturated rings. The molecule has 0 radical (unpaired) electrons. The van der Waals surface area contributed by atoms with Crippen LogP contribution >= 0.6 is 23.2 Å². The van der Waals surface area contributed by atoms with E-state index in [1.165, 1.54) is 4.90 Å². The average molecular weight is 318 g/mol. The van der Waals surface area contributed by atoms with Gasteiger partial charge in [0.1, 0.15) is 0 Å². The standard InChI is InChI=1S/C13H13Cl2NO4/c1-7-5-16(6-10(20-7)13(18)19)12(17)8-3-2-4-9(14)11(8)15/h2-4,7,10H,5-6H2,1H3,(H,18,19)/t7-,10?/m1/s1. The molecular weight excluding hydrogens is 305 g/mol. The largest absolute Gasteiger partial charge is 0.479 e. The van der Waals surface area contributed by atoms with Crippen molar-refractivity contribution in [1.29, 1.82) is 0 Å². The summed E-state index contributed by atoms with van der Waals surface area (Å²) in [7, 11) is 0. The fraction of sp³-hybridized carbons (Fsp3) is 0.385. The van der Waals surface area contributed by atoms with Gasteiger partial charge in [-0.15, -0.1) is 0 Å². The molecule has 7 heteroatoms. The topological polar surface area (TPSA) is 66.8 Å². The van der Waals surface area contributed by atoms with Crippen LogP contribution in [0.25, 0.3) is 0 Å². The van der Waals surface area contributed by atoms with Gasteiger partial charge >= 0.3 is 5.97 Å². The first-order valence-corrected chi connectivity index (χ1v) is 6.77. The van der Waals surface area contributed by atoms with E-state index in [1.807, 2.05) is 0 Å². The fourth-order valence-corrected chi connectivity index (χ4v) is 2.47. The molecule has 0 aromatic heterocycles. The summed E-state index contributed by atoms with van der Waals surface area (Å²) in [5.41, 5.74) is 0.261. The first-order valence-electron chi connectivity index (χ1n) is 6.01. The maximum absolute atomic E-state index is 12.4. The molecule has 1 aromatic carbocycles. The summed E-state index contributed by atoms with van der Waals surface area (Å²) in [6, 6.07) is 4.77. The molecule has 1 N–H and O–H groups in total. The van der Waals surface area contributed by atoms with E-state index in [0.717, 1.165) is 0 Å². The number of amides is 1. The minimum absolute atomic E-state index is 0.0126. The van der Waals surface area contributed by atoms with Crippen LogP contribution in [-0.2, 0) is 9.53 Å². The Morgan fingerprint density at radius 3 is 2.70 bits per heavy atom. The molecule has 2 atom stereocenters. The van der Waals surface area contributed by atoms with Gasteiger partial charge in [0, 0.05) is 6.54 Å². The van der Waals surface area contributed by atoms with Crippen molar-refractivity contribution in [1.82, 2.24) is 4.90 Å². The number of carbonyl (C=O) groups is 2. The Labute approximate surface area is 126 Å². The van der Waals surface area contributed by atoms with E-state index in [4.69, 9.17) is 33.0 Å². The van der Waals surface area contributed by atoms with Crippen LogP contribution in [0.3, 0.4) is 0 Å². The van der Waals surface area contributed by atoms with Crippen molar-refractivity contribution < 1.29 is 19.4 Å². The van der Waals surface area contributed by atoms with Crippen LogP contribution in [0.5, 0.6) is 0 Å². The van der Waals surface area contributed by atoms with Crippen molar-refractivity contribution in [3.63, 3.8) is 0 Å². The summed E-state index contributed by atoms with van der Waals surface area (Å²) < 4.78 is 5.27. The lowest BCUT2D eigenvalue weighted by molar-refractivity contribution is -0.160. The molecule has 5 nitrogen and oxygen atoms in total. The molecule has 0 spiro atoms. The van der Waals surface area contributed by atoms with Crippen molar-refractivity contribution >= 4 is 35.1 Å². The Bertz CT molecular complexity index is 549. The highest BCUT2D eigenvalue weighted by atomic mass is 35.5. The minimum atomic E-state index is -1.09.